The fourth-order valence-corrected chi connectivity index (χ4v) is 2.82. The van der Waals surface area contributed by atoms with Gasteiger partial charge in [0, 0.05) is 31.1 Å². The summed E-state index contributed by atoms with van der Waals surface area (Å²) in [4.78, 5) is 26.3. The number of hydrogen-bond donors (Lipinski definition) is 3. The first-order valence-electron chi connectivity index (χ1n) is 8.77. The number of hydrogen-bond acceptors (Lipinski definition) is 6. The zero-order valence-electron chi connectivity index (χ0n) is 15.7. The van der Waals surface area contributed by atoms with Crippen molar-refractivity contribution in [2.24, 2.45) is 11.7 Å². The normalized spacial score (nSPS) is 18.1. The fourth-order valence-electron chi connectivity index (χ4n) is 2.82. The maximum Gasteiger partial charge on any atom is 0.240 e. The molecule has 8 nitrogen and oxygen atoms in total. The van der Waals surface area contributed by atoms with Crippen molar-refractivity contribution in [3.63, 3.8) is 0 Å². The second kappa shape index (κ2) is 9.89. The van der Waals surface area contributed by atoms with Crippen LogP contribution in [0, 0.1) is 5.92 Å². The van der Waals surface area contributed by atoms with Crippen molar-refractivity contribution in [2.45, 2.75) is 39.0 Å². The van der Waals surface area contributed by atoms with Crippen molar-refractivity contribution in [1.29, 1.82) is 0 Å². The molecule has 0 spiro atoms. The van der Waals surface area contributed by atoms with Gasteiger partial charge in [-0.05, 0) is 19.4 Å². The summed E-state index contributed by atoms with van der Waals surface area (Å²) in [5, 5.41) is 9.54. The highest BCUT2D eigenvalue weighted by Crippen LogP contribution is 2.23. The van der Waals surface area contributed by atoms with E-state index in [0.29, 0.717) is 25.5 Å². The molecule has 0 saturated carbocycles. The average molecular weight is 388 g/mol. The Morgan fingerprint density at radius 2 is 2.15 bits per heavy atom. The Balaban J connectivity index is 0.00000338. The predicted molar refractivity (Wildman–Crippen MR) is 102 cm³/mol. The van der Waals surface area contributed by atoms with Gasteiger partial charge in [-0.15, -0.1) is 12.4 Å². The molecule has 1 aliphatic rings. The minimum Gasteiger partial charge on any atom is -0.355 e. The summed E-state index contributed by atoms with van der Waals surface area (Å²) in [6.07, 6.45) is 1.73. The van der Waals surface area contributed by atoms with Gasteiger partial charge >= 0.3 is 0 Å². The zero-order valence-corrected chi connectivity index (χ0v) is 16.5. The van der Waals surface area contributed by atoms with Crippen LogP contribution < -0.4 is 16.4 Å². The first-order chi connectivity index (χ1) is 11.8. The molecule has 0 bridgehead atoms. The van der Waals surface area contributed by atoms with Gasteiger partial charge in [0.1, 0.15) is 0 Å². The summed E-state index contributed by atoms with van der Waals surface area (Å²) in [7, 11) is 0. The molecule has 0 aromatic carbocycles. The van der Waals surface area contributed by atoms with E-state index in [0.717, 1.165) is 25.1 Å². The van der Waals surface area contributed by atoms with Gasteiger partial charge in [-0.25, -0.2) is 0 Å². The first-order valence-corrected chi connectivity index (χ1v) is 8.77. The van der Waals surface area contributed by atoms with E-state index < -0.39 is 0 Å². The molecule has 0 aliphatic carbocycles. The van der Waals surface area contributed by atoms with E-state index in [9.17, 15) is 9.59 Å². The van der Waals surface area contributed by atoms with Crippen molar-refractivity contribution in [3.05, 3.63) is 11.8 Å². The second-order valence-corrected chi connectivity index (χ2v) is 7.53. The molecular weight excluding hydrogens is 358 g/mol. The van der Waals surface area contributed by atoms with Crippen LogP contribution >= 0.6 is 12.4 Å². The van der Waals surface area contributed by atoms with Crippen molar-refractivity contribution in [1.82, 2.24) is 15.4 Å². The van der Waals surface area contributed by atoms with Crippen LogP contribution in [0.2, 0.25) is 0 Å². The molecule has 9 heteroatoms. The van der Waals surface area contributed by atoms with Crippen LogP contribution in [0.15, 0.2) is 10.6 Å². The van der Waals surface area contributed by atoms with Crippen LogP contribution in [0.4, 0.5) is 5.88 Å². The third-order valence-corrected chi connectivity index (χ3v) is 4.23. The minimum atomic E-state index is -0.167. The summed E-state index contributed by atoms with van der Waals surface area (Å²) in [6, 6.07) is 1.75. The molecule has 1 fully saturated rings. The van der Waals surface area contributed by atoms with Crippen molar-refractivity contribution < 1.29 is 14.1 Å². The van der Waals surface area contributed by atoms with Gasteiger partial charge in [0.25, 0.3) is 0 Å². The Hall–Kier alpha value is -1.64. The molecule has 26 heavy (non-hydrogen) atoms. The SMILES string of the molecule is CC(C)(C)c1cc(NC(=O)CN2CCCC(C(=O)NCCN)C2)on1.Cl. The largest absolute Gasteiger partial charge is 0.355 e. The predicted octanol–water partition coefficient (Wildman–Crippen LogP) is 1.12. The minimum absolute atomic E-state index is 0. The second-order valence-electron chi connectivity index (χ2n) is 7.53. The molecule has 2 heterocycles. The molecule has 1 unspecified atom stereocenters. The van der Waals surface area contributed by atoms with E-state index >= 15 is 0 Å². The Kier molecular flexibility index (Phi) is 8.52. The van der Waals surface area contributed by atoms with E-state index in [1.165, 1.54) is 0 Å². The number of nitrogens with two attached hydrogens (primary N) is 1. The standard InChI is InChI=1S/C17H29N5O3.ClH/c1-17(2,3)13-9-15(25-21-13)20-14(23)11-22-8-4-5-12(10-22)16(24)19-7-6-18;/h9,12H,4-8,10-11,18H2,1-3H3,(H,19,24)(H,20,23);1H. The number of nitrogens with one attached hydrogen (secondary N) is 2. The molecular formula is C17H30ClN5O3. The molecule has 4 N–H and O–H groups in total. The lowest BCUT2D eigenvalue weighted by molar-refractivity contribution is -0.127. The van der Waals surface area contributed by atoms with E-state index in [-0.39, 0.29) is 42.1 Å². The number of nitrogens with zero attached hydrogens (tertiary/aromatic N) is 2. The number of rotatable bonds is 6. The van der Waals surface area contributed by atoms with E-state index in [4.69, 9.17) is 10.3 Å². The molecule has 1 aliphatic heterocycles. The topological polar surface area (TPSA) is 113 Å². The van der Waals surface area contributed by atoms with Crippen molar-refractivity contribution in [2.75, 3.05) is 38.0 Å². The quantitative estimate of drug-likeness (QED) is 0.674. The Morgan fingerprint density at radius 3 is 2.77 bits per heavy atom. The van der Waals surface area contributed by atoms with Crippen LogP contribution in [0.25, 0.3) is 0 Å². The lowest BCUT2D eigenvalue weighted by Crippen LogP contribution is -2.46. The molecule has 1 atom stereocenters. The number of likely N-dealkylation sites (tertiary alicyclic amines) is 1. The van der Waals surface area contributed by atoms with Gasteiger partial charge in [0.15, 0.2) is 0 Å². The van der Waals surface area contributed by atoms with Gasteiger partial charge in [-0.2, -0.15) is 0 Å². The van der Waals surface area contributed by atoms with E-state index in [1.54, 1.807) is 6.07 Å². The highest BCUT2D eigenvalue weighted by molar-refractivity contribution is 5.91. The highest BCUT2D eigenvalue weighted by Gasteiger charge is 2.27. The number of amides is 2. The van der Waals surface area contributed by atoms with Crippen LogP contribution in [-0.4, -0.2) is 54.6 Å². The maximum atomic E-state index is 12.2. The van der Waals surface area contributed by atoms with Gasteiger partial charge in [-0.3, -0.25) is 19.8 Å². The summed E-state index contributed by atoms with van der Waals surface area (Å²) in [5.74, 6) is 0.107. The summed E-state index contributed by atoms with van der Waals surface area (Å²) < 4.78 is 5.18. The number of carbonyl (C=O) groups is 2. The van der Waals surface area contributed by atoms with Crippen LogP contribution in [0.1, 0.15) is 39.3 Å². The van der Waals surface area contributed by atoms with Gasteiger partial charge < -0.3 is 15.6 Å². The number of piperidine rings is 1. The lowest BCUT2D eigenvalue weighted by atomic mass is 9.92. The third kappa shape index (κ3) is 6.59. The number of halogens is 1. The Morgan fingerprint density at radius 1 is 1.42 bits per heavy atom. The zero-order chi connectivity index (χ0) is 18.4. The molecule has 1 aromatic rings. The summed E-state index contributed by atoms with van der Waals surface area (Å²) in [6.45, 7) is 8.60. The van der Waals surface area contributed by atoms with Crippen LogP contribution in [0.5, 0.6) is 0 Å². The summed E-state index contributed by atoms with van der Waals surface area (Å²) in [5.41, 5.74) is 6.06. The Labute approximate surface area is 160 Å². The maximum absolute atomic E-state index is 12.2. The average Bonchev–Trinajstić information content (AvgIpc) is 3.01. The monoisotopic (exact) mass is 387 g/mol. The molecule has 0 radical (unpaired) electrons. The highest BCUT2D eigenvalue weighted by atomic mass is 35.5. The number of anilines is 1. The van der Waals surface area contributed by atoms with Crippen LogP contribution in [-0.2, 0) is 15.0 Å². The van der Waals surface area contributed by atoms with Crippen molar-refractivity contribution >= 4 is 30.1 Å². The smallest absolute Gasteiger partial charge is 0.240 e. The van der Waals surface area contributed by atoms with Gasteiger partial charge in [-0.1, -0.05) is 25.9 Å². The van der Waals surface area contributed by atoms with Crippen molar-refractivity contribution in [3.8, 4) is 0 Å². The van der Waals surface area contributed by atoms with Gasteiger partial charge in [0.2, 0.25) is 17.7 Å². The first kappa shape index (κ1) is 22.4. The Bertz CT molecular complexity index is 599. The number of aromatic nitrogens is 1. The third-order valence-electron chi connectivity index (χ3n) is 4.23. The molecule has 2 amide bonds. The summed E-state index contributed by atoms with van der Waals surface area (Å²) >= 11 is 0. The van der Waals surface area contributed by atoms with Gasteiger partial charge in [0.05, 0.1) is 18.2 Å². The van der Waals surface area contributed by atoms with E-state index in [2.05, 4.69) is 15.8 Å². The molecule has 1 saturated heterocycles. The lowest BCUT2D eigenvalue weighted by Gasteiger charge is -2.31. The molecule has 1 aromatic heterocycles. The fraction of sp³-hybridized carbons (Fsp3) is 0.706. The molecule has 148 valence electrons. The van der Waals surface area contributed by atoms with Crippen LogP contribution in [0.3, 0.4) is 0 Å². The molecule has 2 rings (SSSR count). The number of carbonyl (C=O) groups excluding carboxylic acids is 2. The van der Waals surface area contributed by atoms with E-state index in [1.807, 2.05) is 25.7 Å².